The number of ether oxygens (including phenoxy) is 1. The van der Waals surface area contributed by atoms with Crippen LogP contribution in [0.1, 0.15) is 12.6 Å². The molecule has 1 atom stereocenters. The van der Waals surface area contributed by atoms with Crippen molar-refractivity contribution in [1.82, 2.24) is 5.16 Å². The third kappa shape index (κ3) is 4.00. The minimum atomic E-state index is -1.03. The predicted molar refractivity (Wildman–Crippen MR) is 88.3 cm³/mol. The number of nitrogens with zero attached hydrogens (tertiary/aromatic N) is 1. The maximum absolute atomic E-state index is 13.1. The third-order valence-corrected chi connectivity index (χ3v) is 3.53. The topological polar surface area (TPSA) is 81.4 Å². The molecule has 1 aromatic heterocycles. The lowest BCUT2D eigenvalue weighted by molar-refractivity contribution is -0.152. The monoisotopic (exact) mass is 342 g/mol. The van der Waals surface area contributed by atoms with Crippen molar-refractivity contribution < 1.29 is 23.2 Å². The van der Waals surface area contributed by atoms with Gasteiger partial charge in [0.25, 0.3) is 5.91 Å². The number of anilines is 1. The van der Waals surface area contributed by atoms with Crippen LogP contribution in [0.5, 0.6) is 0 Å². The average molecular weight is 342 g/mol. The number of esters is 1. The number of fused-ring (bicyclic) bond motifs is 1. The highest BCUT2D eigenvalue weighted by Gasteiger charge is 2.20. The van der Waals surface area contributed by atoms with Gasteiger partial charge in [-0.1, -0.05) is 23.4 Å². The second-order valence-corrected chi connectivity index (χ2v) is 5.43. The zero-order valence-electron chi connectivity index (χ0n) is 13.4. The standard InChI is InChI=1S/C18H15FN2O4/c1-11(18(23)20-13-6-4-5-12(19)9-13)24-17(22)10-15-14-7-2-3-8-16(14)25-21-15/h2-9,11H,10H2,1H3,(H,20,23)/t11-/m0/s1. The maximum atomic E-state index is 13.1. The fourth-order valence-corrected chi connectivity index (χ4v) is 2.30. The summed E-state index contributed by atoms with van der Waals surface area (Å²) in [5, 5.41) is 7.05. The highest BCUT2D eigenvalue weighted by molar-refractivity contribution is 5.95. The Morgan fingerprint density at radius 3 is 2.84 bits per heavy atom. The van der Waals surface area contributed by atoms with E-state index in [1.54, 1.807) is 18.2 Å². The molecule has 1 heterocycles. The van der Waals surface area contributed by atoms with Gasteiger partial charge in [-0.3, -0.25) is 9.59 Å². The first-order valence-electron chi connectivity index (χ1n) is 7.62. The first kappa shape index (κ1) is 16.6. The molecule has 3 aromatic rings. The number of aromatic nitrogens is 1. The summed E-state index contributed by atoms with van der Waals surface area (Å²) in [6, 6.07) is 12.6. The Bertz CT molecular complexity index is 922. The molecule has 6 nitrogen and oxygen atoms in total. The molecule has 0 bridgehead atoms. The highest BCUT2D eigenvalue weighted by Crippen LogP contribution is 2.18. The first-order chi connectivity index (χ1) is 12.0. The Balaban J connectivity index is 1.59. The van der Waals surface area contributed by atoms with Gasteiger partial charge >= 0.3 is 5.97 Å². The van der Waals surface area contributed by atoms with Crippen molar-refractivity contribution in [2.45, 2.75) is 19.4 Å². The Morgan fingerprint density at radius 1 is 1.24 bits per heavy atom. The van der Waals surface area contributed by atoms with Crippen LogP contribution in [0.3, 0.4) is 0 Å². The Labute approximate surface area is 142 Å². The normalized spacial score (nSPS) is 11.9. The van der Waals surface area contributed by atoms with Gasteiger partial charge in [0.1, 0.15) is 11.5 Å². The van der Waals surface area contributed by atoms with E-state index in [2.05, 4.69) is 10.5 Å². The molecule has 1 N–H and O–H groups in total. The van der Waals surface area contributed by atoms with Crippen molar-refractivity contribution in [2.75, 3.05) is 5.32 Å². The van der Waals surface area contributed by atoms with Crippen LogP contribution in [0.4, 0.5) is 10.1 Å². The average Bonchev–Trinajstić information content (AvgIpc) is 2.98. The van der Waals surface area contributed by atoms with E-state index < -0.39 is 23.8 Å². The largest absolute Gasteiger partial charge is 0.452 e. The van der Waals surface area contributed by atoms with E-state index in [9.17, 15) is 14.0 Å². The molecule has 0 saturated carbocycles. The molecule has 7 heteroatoms. The second-order valence-electron chi connectivity index (χ2n) is 5.43. The zero-order chi connectivity index (χ0) is 17.8. The van der Waals surface area contributed by atoms with Crippen molar-refractivity contribution in [2.24, 2.45) is 0 Å². The summed E-state index contributed by atoms with van der Waals surface area (Å²) in [5.41, 5.74) is 1.30. The highest BCUT2D eigenvalue weighted by atomic mass is 19.1. The number of carbonyl (C=O) groups is 2. The summed E-state index contributed by atoms with van der Waals surface area (Å²) in [4.78, 5) is 24.1. The van der Waals surface area contributed by atoms with Crippen LogP contribution >= 0.6 is 0 Å². The van der Waals surface area contributed by atoms with Crippen LogP contribution < -0.4 is 5.32 Å². The summed E-state index contributed by atoms with van der Waals surface area (Å²) in [6.07, 6.45) is -1.15. The fraction of sp³-hybridized carbons (Fsp3) is 0.167. The molecule has 3 rings (SSSR count). The number of amides is 1. The van der Waals surface area contributed by atoms with Gasteiger partial charge in [-0.25, -0.2) is 4.39 Å². The molecule has 0 saturated heterocycles. The molecule has 2 aromatic carbocycles. The lowest BCUT2D eigenvalue weighted by Gasteiger charge is -2.13. The minimum Gasteiger partial charge on any atom is -0.452 e. The number of para-hydroxylation sites is 1. The summed E-state index contributed by atoms with van der Waals surface area (Å²) >= 11 is 0. The molecule has 0 aliphatic heterocycles. The van der Waals surface area contributed by atoms with Crippen molar-refractivity contribution in [1.29, 1.82) is 0 Å². The molecule has 1 amide bonds. The number of hydrogen-bond acceptors (Lipinski definition) is 5. The molecule has 0 radical (unpaired) electrons. The molecular formula is C18H15FN2O4. The van der Waals surface area contributed by atoms with Crippen LogP contribution in [0.25, 0.3) is 11.0 Å². The van der Waals surface area contributed by atoms with Crippen LogP contribution in [-0.4, -0.2) is 23.1 Å². The van der Waals surface area contributed by atoms with Gasteiger partial charge in [-0.15, -0.1) is 0 Å². The molecule has 128 valence electrons. The fourth-order valence-electron chi connectivity index (χ4n) is 2.30. The number of benzene rings is 2. The van der Waals surface area contributed by atoms with Gasteiger partial charge < -0.3 is 14.6 Å². The first-order valence-corrected chi connectivity index (χ1v) is 7.62. The van der Waals surface area contributed by atoms with Gasteiger partial charge in [-0.2, -0.15) is 0 Å². The summed E-state index contributed by atoms with van der Waals surface area (Å²) < 4.78 is 23.3. The minimum absolute atomic E-state index is 0.116. The molecule has 0 fully saturated rings. The predicted octanol–water partition coefficient (Wildman–Crippen LogP) is 3.08. The lowest BCUT2D eigenvalue weighted by atomic mass is 10.2. The molecule has 0 aliphatic carbocycles. The molecule has 0 aliphatic rings. The Morgan fingerprint density at radius 2 is 2.04 bits per heavy atom. The van der Waals surface area contributed by atoms with Gasteiger partial charge in [0.15, 0.2) is 11.7 Å². The number of nitrogens with one attached hydrogen (secondary N) is 1. The van der Waals surface area contributed by atoms with E-state index in [0.717, 1.165) is 5.39 Å². The van der Waals surface area contributed by atoms with Crippen LogP contribution in [-0.2, 0) is 20.7 Å². The van der Waals surface area contributed by atoms with E-state index in [0.29, 0.717) is 11.3 Å². The molecule has 25 heavy (non-hydrogen) atoms. The summed E-state index contributed by atoms with van der Waals surface area (Å²) in [6.45, 7) is 1.44. The van der Waals surface area contributed by atoms with Gasteiger partial charge in [0, 0.05) is 11.1 Å². The lowest BCUT2D eigenvalue weighted by Crippen LogP contribution is -2.30. The Hall–Kier alpha value is -3.22. The van der Waals surface area contributed by atoms with E-state index in [-0.39, 0.29) is 12.1 Å². The quantitative estimate of drug-likeness (QED) is 0.721. The van der Waals surface area contributed by atoms with E-state index in [1.165, 1.54) is 31.2 Å². The molecule has 0 unspecified atom stereocenters. The number of rotatable bonds is 5. The third-order valence-electron chi connectivity index (χ3n) is 3.53. The van der Waals surface area contributed by atoms with Crippen molar-refractivity contribution in [3.63, 3.8) is 0 Å². The summed E-state index contributed by atoms with van der Waals surface area (Å²) in [7, 11) is 0. The molecular weight excluding hydrogens is 327 g/mol. The van der Waals surface area contributed by atoms with Gasteiger partial charge in [0.2, 0.25) is 0 Å². The summed E-state index contributed by atoms with van der Waals surface area (Å²) in [5.74, 6) is -1.63. The van der Waals surface area contributed by atoms with E-state index >= 15 is 0 Å². The molecule has 0 spiro atoms. The van der Waals surface area contributed by atoms with Crippen LogP contribution in [0.15, 0.2) is 53.1 Å². The van der Waals surface area contributed by atoms with E-state index in [4.69, 9.17) is 9.26 Å². The van der Waals surface area contributed by atoms with Gasteiger partial charge in [-0.05, 0) is 37.3 Å². The second kappa shape index (κ2) is 7.12. The van der Waals surface area contributed by atoms with Gasteiger partial charge in [0.05, 0.1) is 6.42 Å². The zero-order valence-corrected chi connectivity index (χ0v) is 13.4. The van der Waals surface area contributed by atoms with E-state index in [1.807, 2.05) is 6.07 Å². The number of carbonyl (C=O) groups excluding carboxylic acids is 2. The van der Waals surface area contributed by atoms with Crippen molar-refractivity contribution in [3.05, 3.63) is 60.0 Å². The van der Waals surface area contributed by atoms with Crippen molar-refractivity contribution in [3.8, 4) is 0 Å². The number of hydrogen-bond donors (Lipinski definition) is 1. The van der Waals surface area contributed by atoms with Crippen molar-refractivity contribution >= 4 is 28.5 Å². The Kier molecular flexibility index (Phi) is 4.74. The van der Waals surface area contributed by atoms with Crippen LogP contribution in [0, 0.1) is 5.82 Å². The number of halogens is 1. The smallest absolute Gasteiger partial charge is 0.312 e. The SMILES string of the molecule is C[C@H](OC(=O)Cc1noc2ccccc12)C(=O)Nc1cccc(F)c1. The maximum Gasteiger partial charge on any atom is 0.312 e. The van der Waals surface area contributed by atoms with Crippen LogP contribution in [0.2, 0.25) is 0 Å².